The molecule has 0 aromatic rings. The Bertz CT molecular complexity index is 71.8. The lowest BCUT2D eigenvalue weighted by Gasteiger charge is -2.17. The van der Waals surface area contributed by atoms with E-state index in [-0.39, 0.29) is 5.54 Å². The monoisotopic (exact) mass is 129 g/mol. The minimum atomic E-state index is -0.172. The van der Waals surface area contributed by atoms with Gasteiger partial charge >= 0.3 is 7.62 Å². The van der Waals surface area contributed by atoms with Gasteiger partial charge in [-0.3, -0.25) is 0 Å². The molecule has 0 saturated heterocycles. The maximum Gasteiger partial charge on any atom is 0.395 e. The first-order chi connectivity index (χ1) is 4.06. The molecule has 0 spiro atoms. The van der Waals surface area contributed by atoms with Gasteiger partial charge in [0.2, 0.25) is 0 Å². The van der Waals surface area contributed by atoms with Gasteiger partial charge in [0.15, 0.2) is 0 Å². The van der Waals surface area contributed by atoms with Gasteiger partial charge in [0.05, 0.1) is 0 Å². The molecule has 0 aliphatic heterocycles. The van der Waals surface area contributed by atoms with Gasteiger partial charge < -0.3 is 15.6 Å². The van der Waals surface area contributed by atoms with Crippen molar-refractivity contribution in [3.8, 4) is 0 Å². The molecule has 1 radical (unpaired) electrons. The average Bonchev–Trinajstić information content (AvgIpc) is 1.63. The Balaban J connectivity index is 3.07. The molecular formula is C5H14BN2O. The predicted octanol–water partition coefficient (Wildman–Crippen LogP) is -0.506. The number of hydrogen-bond donors (Lipinski definition) is 2. The second-order valence-electron chi connectivity index (χ2n) is 2.72. The van der Waals surface area contributed by atoms with Crippen LogP contribution in [0.15, 0.2) is 0 Å². The van der Waals surface area contributed by atoms with Crippen LogP contribution < -0.4 is 11.0 Å². The molecular weight excluding hydrogens is 115 g/mol. The van der Waals surface area contributed by atoms with Crippen LogP contribution in [-0.2, 0) is 4.65 Å². The van der Waals surface area contributed by atoms with E-state index in [1.807, 2.05) is 13.8 Å². The Hall–Kier alpha value is -0.0551. The van der Waals surface area contributed by atoms with Crippen molar-refractivity contribution in [2.75, 3.05) is 13.7 Å². The van der Waals surface area contributed by atoms with Crippen LogP contribution in [0.25, 0.3) is 0 Å². The highest BCUT2D eigenvalue weighted by atomic mass is 16.4. The zero-order valence-electron chi connectivity index (χ0n) is 6.27. The number of rotatable bonds is 4. The number of nitrogens with one attached hydrogen (secondary N) is 1. The van der Waals surface area contributed by atoms with Crippen LogP contribution in [0.5, 0.6) is 0 Å². The van der Waals surface area contributed by atoms with Crippen molar-refractivity contribution in [3.63, 3.8) is 0 Å². The molecule has 0 aliphatic rings. The molecule has 3 N–H and O–H groups in total. The van der Waals surface area contributed by atoms with Gasteiger partial charge in [0.25, 0.3) is 0 Å². The second kappa shape index (κ2) is 3.87. The van der Waals surface area contributed by atoms with Gasteiger partial charge in [0.1, 0.15) is 0 Å². The summed E-state index contributed by atoms with van der Waals surface area (Å²) in [4.78, 5) is 0. The molecule has 0 saturated carbocycles. The third-order valence-electron chi connectivity index (χ3n) is 0.759. The normalized spacial score (nSPS) is 11.6. The predicted molar refractivity (Wildman–Crippen MR) is 39.0 cm³/mol. The van der Waals surface area contributed by atoms with Crippen molar-refractivity contribution >= 4 is 7.62 Å². The summed E-state index contributed by atoms with van der Waals surface area (Å²) in [6.07, 6.45) is 0. The van der Waals surface area contributed by atoms with Crippen LogP contribution in [-0.4, -0.2) is 26.8 Å². The maximum absolute atomic E-state index is 5.64. The lowest BCUT2D eigenvalue weighted by molar-refractivity contribution is 0.417. The van der Waals surface area contributed by atoms with E-state index in [2.05, 4.69) is 9.88 Å². The fourth-order valence-corrected chi connectivity index (χ4v) is 0.388. The largest absolute Gasteiger partial charge is 0.427 e. The van der Waals surface area contributed by atoms with Gasteiger partial charge in [-0.1, -0.05) is 0 Å². The molecule has 0 bridgehead atoms. The fraction of sp³-hybridized carbons (Fsp3) is 1.00. The lowest BCUT2D eigenvalue weighted by Crippen LogP contribution is -2.44. The van der Waals surface area contributed by atoms with Crippen molar-refractivity contribution in [2.24, 2.45) is 5.73 Å². The smallest absolute Gasteiger partial charge is 0.395 e. The third kappa shape index (κ3) is 7.94. The summed E-state index contributed by atoms with van der Waals surface area (Å²) in [5, 5.41) is 2.90. The molecule has 0 heterocycles. The first kappa shape index (κ1) is 8.94. The molecule has 0 aliphatic carbocycles. The molecule has 9 heavy (non-hydrogen) atoms. The number of hydrogen-bond acceptors (Lipinski definition) is 3. The van der Waals surface area contributed by atoms with Gasteiger partial charge in [-0.25, -0.2) is 0 Å². The van der Waals surface area contributed by atoms with Crippen LogP contribution in [0.3, 0.4) is 0 Å². The Kier molecular flexibility index (Phi) is 3.85. The van der Waals surface area contributed by atoms with Gasteiger partial charge in [-0.15, -0.1) is 0 Å². The molecule has 0 aromatic carbocycles. The van der Waals surface area contributed by atoms with Crippen LogP contribution in [0, 0.1) is 0 Å². The molecule has 0 rings (SSSR count). The van der Waals surface area contributed by atoms with Crippen LogP contribution in [0.2, 0.25) is 0 Å². The summed E-state index contributed by atoms with van der Waals surface area (Å²) in [6.45, 7) is 4.62. The molecule has 53 valence electrons. The van der Waals surface area contributed by atoms with E-state index in [0.717, 1.165) is 6.54 Å². The summed E-state index contributed by atoms with van der Waals surface area (Å²) in [5.74, 6) is 0. The molecule has 0 atom stereocenters. The zero-order valence-corrected chi connectivity index (χ0v) is 6.27. The van der Waals surface area contributed by atoms with E-state index in [0.29, 0.717) is 0 Å². The summed E-state index contributed by atoms with van der Waals surface area (Å²) in [5.41, 5.74) is 5.47. The van der Waals surface area contributed by atoms with E-state index in [4.69, 9.17) is 5.73 Å². The van der Waals surface area contributed by atoms with Gasteiger partial charge in [-0.2, -0.15) is 0 Å². The molecule has 0 aromatic heterocycles. The van der Waals surface area contributed by atoms with Crippen molar-refractivity contribution in [3.05, 3.63) is 0 Å². The van der Waals surface area contributed by atoms with Crippen LogP contribution in [0.4, 0.5) is 0 Å². The minimum Gasteiger partial charge on any atom is -0.427 e. The molecule has 0 fully saturated rings. The lowest BCUT2D eigenvalue weighted by atomic mass is 10.1. The van der Waals surface area contributed by atoms with E-state index in [9.17, 15) is 0 Å². The first-order valence-electron chi connectivity index (χ1n) is 2.93. The van der Waals surface area contributed by atoms with Crippen molar-refractivity contribution in [1.82, 2.24) is 5.23 Å². The van der Waals surface area contributed by atoms with E-state index in [1.54, 1.807) is 7.11 Å². The second-order valence-corrected chi connectivity index (χ2v) is 2.72. The minimum absolute atomic E-state index is 0.172. The molecule has 0 amide bonds. The Morgan fingerprint density at radius 2 is 2.22 bits per heavy atom. The molecule has 0 unspecified atom stereocenters. The topological polar surface area (TPSA) is 47.3 Å². The highest BCUT2D eigenvalue weighted by molar-refractivity contribution is 6.23. The molecule has 4 heteroatoms. The van der Waals surface area contributed by atoms with Crippen LogP contribution >= 0.6 is 0 Å². The quantitative estimate of drug-likeness (QED) is 0.397. The zero-order chi connectivity index (χ0) is 7.33. The van der Waals surface area contributed by atoms with Gasteiger partial charge in [-0.05, 0) is 13.8 Å². The van der Waals surface area contributed by atoms with Gasteiger partial charge in [0, 0.05) is 19.2 Å². The number of nitrogens with two attached hydrogens (primary N) is 1. The van der Waals surface area contributed by atoms with Crippen molar-refractivity contribution in [2.45, 2.75) is 19.4 Å². The SMILES string of the molecule is CO[B]NCC(C)(C)N. The standard InChI is InChI=1S/C5H14BN2O/c1-5(2,7)4-8-6-9-3/h8H,4,7H2,1-3H3. The highest BCUT2D eigenvalue weighted by Gasteiger charge is 2.08. The molecule has 3 nitrogen and oxygen atoms in total. The van der Waals surface area contributed by atoms with E-state index >= 15 is 0 Å². The average molecular weight is 129 g/mol. The van der Waals surface area contributed by atoms with E-state index in [1.165, 1.54) is 7.62 Å². The summed E-state index contributed by atoms with van der Waals surface area (Å²) in [6, 6.07) is 0. The van der Waals surface area contributed by atoms with Crippen molar-refractivity contribution in [1.29, 1.82) is 0 Å². The summed E-state index contributed by atoms with van der Waals surface area (Å²) < 4.78 is 4.65. The summed E-state index contributed by atoms with van der Waals surface area (Å²) in [7, 11) is 3.12. The highest BCUT2D eigenvalue weighted by Crippen LogP contribution is 1.90. The fourth-order valence-electron chi connectivity index (χ4n) is 0.388. The Morgan fingerprint density at radius 1 is 1.67 bits per heavy atom. The third-order valence-corrected chi connectivity index (χ3v) is 0.759. The maximum atomic E-state index is 5.64. The summed E-state index contributed by atoms with van der Waals surface area (Å²) >= 11 is 0. The Labute approximate surface area is 57.2 Å². The van der Waals surface area contributed by atoms with Crippen molar-refractivity contribution < 1.29 is 4.65 Å². The van der Waals surface area contributed by atoms with E-state index < -0.39 is 0 Å². The first-order valence-corrected chi connectivity index (χ1v) is 2.93. The van der Waals surface area contributed by atoms with Crippen LogP contribution in [0.1, 0.15) is 13.8 Å². The Morgan fingerprint density at radius 3 is 2.56 bits per heavy atom.